The minimum atomic E-state index is 0.00722. The number of hydrogen-bond acceptors (Lipinski definition) is 2. The molecule has 3 aliphatic rings. The fraction of sp³-hybridized carbons (Fsp3) is 0.360. The van der Waals surface area contributed by atoms with Crippen LogP contribution in [-0.4, -0.2) is 11.1 Å². The predicted molar refractivity (Wildman–Crippen MR) is 117 cm³/mol. The molecule has 0 fully saturated rings. The number of nitrogens with one attached hydrogen (secondary N) is 2. The van der Waals surface area contributed by atoms with Crippen LogP contribution in [0, 0.1) is 0 Å². The zero-order valence-electron chi connectivity index (χ0n) is 17.2. The van der Waals surface area contributed by atoms with Gasteiger partial charge in [-0.05, 0) is 106 Å². The van der Waals surface area contributed by atoms with Crippen LogP contribution in [0.4, 0.5) is 11.4 Å². The Morgan fingerprint density at radius 3 is 1.44 bits per heavy atom. The van der Waals surface area contributed by atoms with Crippen LogP contribution in [0.25, 0.3) is 22.3 Å². The van der Waals surface area contributed by atoms with Crippen molar-refractivity contribution in [2.45, 2.75) is 59.0 Å². The van der Waals surface area contributed by atoms with E-state index in [4.69, 9.17) is 0 Å². The van der Waals surface area contributed by atoms with Crippen LogP contribution in [0.3, 0.4) is 0 Å². The molecule has 2 nitrogen and oxygen atoms in total. The summed E-state index contributed by atoms with van der Waals surface area (Å²) < 4.78 is 0. The molecule has 0 unspecified atom stereocenters. The van der Waals surface area contributed by atoms with Gasteiger partial charge >= 0.3 is 0 Å². The Kier molecular flexibility index (Phi) is 3.13. The van der Waals surface area contributed by atoms with Crippen LogP contribution in [0.15, 0.2) is 36.4 Å². The lowest BCUT2D eigenvalue weighted by Crippen LogP contribution is -2.31. The molecule has 2 aromatic rings. The van der Waals surface area contributed by atoms with Crippen LogP contribution in [0.1, 0.15) is 63.8 Å². The van der Waals surface area contributed by atoms with Gasteiger partial charge in [0.2, 0.25) is 0 Å². The lowest BCUT2D eigenvalue weighted by atomic mass is 9.87. The van der Waals surface area contributed by atoms with Gasteiger partial charge in [-0.3, -0.25) is 0 Å². The maximum Gasteiger partial charge on any atom is 0.0505 e. The van der Waals surface area contributed by atoms with E-state index < -0.39 is 0 Å². The quantitative estimate of drug-likeness (QED) is 0.482. The minimum absolute atomic E-state index is 0.00722. The summed E-state index contributed by atoms with van der Waals surface area (Å²) in [4.78, 5) is 0. The molecule has 0 aromatic heterocycles. The van der Waals surface area contributed by atoms with E-state index in [1.165, 1.54) is 55.9 Å². The summed E-state index contributed by atoms with van der Waals surface area (Å²) in [5.41, 5.74) is 13.6. The highest BCUT2D eigenvalue weighted by Gasteiger charge is 2.29. The maximum atomic E-state index is 3.70. The first-order valence-corrected chi connectivity index (χ1v) is 9.92. The fourth-order valence-electron chi connectivity index (χ4n) is 5.15. The van der Waals surface area contributed by atoms with Crippen molar-refractivity contribution in [1.29, 1.82) is 0 Å². The van der Waals surface area contributed by atoms with Crippen LogP contribution >= 0.6 is 0 Å². The molecule has 2 heterocycles. The van der Waals surface area contributed by atoms with Crippen molar-refractivity contribution < 1.29 is 0 Å². The summed E-state index contributed by atoms with van der Waals surface area (Å²) in [6.07, 6.45) is 5.69. The van der Waals surface area contributed by atoms with E-state index in [-0.39, 0.29) is 11.1 Å². The average Bonchev–Trinajstić information content (AvgIpc) is 2.85. The Balaban J connectivity index is 1.66. The number of rotatable bonds is 0. The molecule has 0 saturated heterocycles. The highest BCUT2D eigenvalue weighted by Crippen LogP contribution is 2.46. The normalized spacial score (nSPS) is 20.2. The molecular weight excluding hydrogens is 328 g/mol. The summed E-state index contributed by atoms with van der Waals surface area (Å²) >= 11 is 0. The first-order valence-electron chi connectivity index (χ1n) is 9.92. The Bertz CT molecular complexity index is 979. The van der Waals surface area contributed by atoms with E-state index in [2.05, 4.69) is 88.6 Å². The van der Waals surface area contributed by atoms with E-state index in [0.717, 1.165) is 6.42 Å². The molecule has 2 N–H and O–H groups in total. The second-order valence-corrected chi connectivity index (χ2v) is 9.63. The van der Waals surface area contributed by atoms with Crippen molar-refractivity contribution >= 4 is 22.5 Å². The summed E-state index contributed by atoms with van der Waals surface area (Å²) in [6.45, 7) is 13.4. The zero-order valence-corrected chi connectivity index (χ0v) is 17.2. The van der Waals surface area contributed by atoms with E-state index in [0.29, 0.717) is 0 Å². The molecule has 1 aliphatic carbocycles. The van der Waals surface area contributed by atoms with Gasteiger partial charge in [0.05, 0.1) is 11.1 Å². The van der Waals surface area contributed by atoms with Crippen molar-refractivity contribution in [3.8, 4) is 11.1 Å². The summed E-state index contributed by atoms with van der Waals surface area (Å²) in [7, 11) is 0. The van der Waals surface area contributed by atoms with Crippen molar-refractivity contribution in [3.05, 3.63) is 58.7 Å². The lowest BCUT2D eigenvalue weighted by Gasteiger charge is -2.32. The molecule has 0 spiro atoms. The molecule has 2 aromatic carbocycles. The Morgan fingerprint density at radius 2 is 1.04 bits per heavy atom. The second-order valence-electron chi connectivity index (χ2n) is 9.63. The van der Waals surface area contributed by atoms with Crippen molar-refractivity contribution in [1.82, 2.24) is 0 Å². The predicted octanol–water partition coefficient (Wildman–Crippen LogP) is 6.47. The fourth-order valence-corrected chi connectivity index (χ4v) is 5.15. The Hall–Kier alpha value is -2.48. The largest absolute Gasteiger partial charge is 0.376 e. The van der Waals surface area contributed by atoms with Crippen molar-refractivity contribution in [2.75, 3.05) is 10.6 Å². The number of anilines is 2. The van der Waals surface area contributed by atoms with Crippen molar-refractivity contribution in [3.63, 3.8) is 0 Å². The highest BCUT2D eigenvalue weighted by molar-refractivity contribution is 5.92. The summed E-state index contributed by atoms with van der Waals surface area (Å²) in [5, 5.41) is 7.40. The van der Waals surface area contributed by atoms with Crippen LogP contribution in [-0.2, 0) is 6.42 Å². The molecule has 0 atom stereocenters. The van der Waals surface area contributed by atoms with Crippen molar-refractivity contribution in [2.24, 2.45) is 0 Å². The van der Waals surface area contributed by atoms with Crippen LogP contribution in [0.2, 0.25) is 0 Å². The van der Waals surface area contributed by atoms with Gasteiger partial charge in [-0.2, -0.15) is 0 Å². The van der Waals surface area contributed by atoms with Gasteiger partial charge in [0, 0.05) is 22.5 Å². The third kappa shape index (κ3) is 2.54. The van der Waals surface area contributed by atoms with Gasteiger partial charge in [-0.25, -0.2) is 0 Å². The molecule has 5 rings (SSSR count). The van der Waals surface area contributed by atoms with Crippen LogP contribution < -0.4 is 10.6 Å². The molecule has 27 heavy (non-hydrogen) atoms. The average molecular weight is 357 g/mol. The van der Waals surface area contributed by atoms with Gasteiger partial charge in [0.1, 0.15) is 0 Å². The number of allylic oxidation sites excluding steroid dienone is 2. The topological polar surface area (TPSA) is 24.1 Å². The molecule has 2 aliphatic heterocycles. The third-order valence-corrected chi connectivity index (χ3v) is 6.08. The van der Waals surface area contributed by atoms with Gasteiger partial charge in [-0.15, -0.1) is 0 Å². The Labute approximate surface area is 162 Å². The molecule has 0 saturated carbocycles. The lowest BCUT2D eigenvalue weighted by molar-refractivity contribution is 0.707. The van der Waals surface area contributed by atoms with E-state index in [1.807, 2.05) is 0 Å². The highest BCUT2D eigenvalue weighted by atomic mass is 15.0. The molecular formula is C25H28N2. The summed E-state index contributed by atoms with van der Waals surface area (Å²) in [5.74, 6) is 0. The number of benzene rings is 2. The SMILES string of the molecule is CC1=CC(C)(C)Nc2cc3c(cc21)-c1cc2c(cc1C3)NC(C)(C)C=C2C. The van der Waals surface area contributed by atoms with E-state index in [9.17, 15) is 0 Å². The van der Waals surface area contributed by atoms with Crippen LogP contribution in [0.5, 0.6) is 0 Å². The molecule has 0 amide bonds. The monoisotopic (exact) mass is 356 g/mol. The second kappa shape index (κ2) is 5.07. The van der Waals surface area contributed by atoms with E-state index in [1.54, 1.807) is 0 Å². The van der Waals surface area contributed by atoms with E-state index >= 15 is 0 Å². The first kappa shape index (κ1) is 16.7. The number of hydrogen-bond donors (Lipinski definition) is 2. The van der Waals surface area contributed by atoms with Gasteiger partial charge < -0.3 is 10.6 Å². The molecule has 2 heteroatoms. The standard InChI is InChI=1S/C25H28N2/c1-14-12-24(3,4)26-22-8-16-7-17-9-23-19(15(2)13-25(5,6)27-23)11-21(17)20(16)10-18(14)22/h8-13,26-27H,7H2,1-6H3. The molecule has 138 valence electrons. The summed E-state index contributed by atoms with van der Waals surface area (Å²) in [6, 6.07) is 9.55. The smallest absolute Gasteiger partial charge is 0.0505 e. The first-order chi connectivity index (χ1) is 12.6. The third-order valence-electron chi connectivity index (χ3n) is 6.08. The van der Waals surface area contributed by atoms with Gasteiger partial charge in [-0.1, -0.05) is 12.2 Å². The molecule has 0 radical (unpaired) electrons. The number of fused-ring (bicyclic) bond motifs is 5. The molecule has 0 bridgehead atoms. The Morgan fingerprint density at radius 1 is 0.630 bits per heavy atom. The van der Waals surface area contributed by atoms with Gasteiger partial charge in [0.25, 0.3) is 0 Å². The maximum absolute atomic E-state index is 3.70. The minimum Gasteiger partial charge on any atom is -0.376 e. The van der Waals surface area contributed by atoms with Gasteiger partial charge in [0.15, 0.2) is 0 Å². The zero-order chi connectivity index (χ0) is 19.1.